The van der Waals surface area contributed by atoms with Gasteiger partial charge in [-0.3, -0.25) is 15.1 Å². The summed E-state index contributed by atoms with van der Waals surface area (Å²) < 4.78 is 0.629. The van der Waals surface area contributed by atoms with Crippen LogP contribution in [0.5, 0.6) is 0 Å². The van der Waals surface area contributed by atoms with Crippen LogP contribution < -0.4 is 5.32 Å². The first-order valence-electron chi connectivity index (χ1n) is 6.54. The lowest BCUT2D eigenvalue weighted by Gasteiger charge is -2.23. The molecule has 0 amide bonds. The van der Waals surface area contributed by atoms with Crippen LogP contribution in [0.3, 0.4) is 0 Å². The summed E-state index contributed by atoms with van der Waals surface area (Å²) in [5.74, 6) is 0.00468. The van der Waals surface area contributed by atoms with Crippen LogP contribution in [0.25, 0.3) is 0 Å². The zero-order chi connectivity index (χ0) is 14.4. The third-order valence-electron chi connectivity index (χ3n) is 3.19. The third kappa shape index (κ3) is 4.24. The fourth-order valence-electron chi connectivity index (χ4n) is 2.13. The minimum atomic E-state index is -0.365. The Kier molecular flexibility index (Phi) is 6.37. The van der Waals surface area contributed by atoms with E-state index in [0.29, 0.717) is 10.2 Å². The van der Waals surface area contributed by atoms with E-state index in [-0.39, 0.29) is 22.6 Å². The Bertz CT molecular complexity index is 440. The lowest BCUT2D eigenvalue weighted by Crippen LogP contribution is -2.34. The van der Waals surface area contributed by atoms with Gasteiger partial charge in [-0.1, -0.05) is 20.8 Å². The smallest absolute Gasteiger partial charge is 0.292 e. The summed E-state index contributed by atoms with van der Waals surface area (Å²) in [6.07, 6.45) is 3.57. The number of halogens is 1. The van der Waals surface area contributed by atoms with Crippen molar-refractivity contribution in [2.75, 3.05) is 6.54 Å². The maximum atomic E-state index is 11.1. The maximum absolute atomic E-state index is 11.1. The summed E-state index contributed by atoms with van der Waals surface area (Å²) in [6.45, 7) is 7.08. The number of nitrogens with one attached hydrogen (secondary N) is 1. The summed E-state index contributed by atoms with van der Waals surface area (Å²) in [5, 5.41) is 14.6. The monoisotopic (exact) mass is 329 g/mol. The highest BCUT2D eigenvalue weighted by Gasteiger charge is 2.26. The number of hydrogen-bond acceptors (Lipinski definition) is 4. The number of pyridine rings is 1. The predicted molar refractivity (Wildman–Crippen MR) is 79.4 cm³/mol. The van der Waals surface area contributed by atoms with Gasteiger partial charge in [0, 0.05) is 28.7 Å². The molecule has 0 fully saturated rings. The molecule has 0 radical (unpaired) electrons. The largest absolute Gasteiger partial charge is 0.313 e. The van der Waals surface area contributed by atoms with Gasteiger partial charge in [0.15, 0.2) is 0 Å². The summed E-state index contributed by atoms with van der Waals surface area (Å²) in [4.78, 5) is 15.0. The van der Waals surface area contributed by atoms with Crippen LogP contribution in [0.4, 0.5) is 5.69 Å². The van der Waals surface area contributed by atoms with Gasteiger partial charge in [0.1, 0.15) is 5.69 Å². The average Bonchev–Trinajstić information content (AvgIpc) is 2.39. The van der Waals surface area contributed by atoms with E-state index in [1.165, 1.54) is 6.07 Å². The average molecular weight is 330 g/mol. The molecule has 0 aliphatic heterocycles. The molecule has 0 saturated heterocycles. The van der Waals surface area contributed by atoms with Gasteiger partial charge in [-0.2, -0.15) is 0 Å². The minimum absolute atomic E-state index is 0.00468. The van der Waals surface area contributed by atoms with E-state index in [1.54, 1.807) is 6.20 Å². The molecule has 1 heterocycles. The van der Waals surface area contributed by atoms with Crippen LogP contribution in [0, 0.1) is 10.1 Å². The molecule has 1 rings (SSSR count). The molecule has 1 N–H and O–H groups in total. The minimum Gasteiger partial charge on any atom is -0.313 e. The van der Waals surface area contributed by atoms with Crippen molar-refractivity contribution < 1.29 is 4.92 Å². The van der Waals surface area contributed by atoms with Gasteiger partial charge in [-0.05, 0) is 35.3 Å². The molecule has 0 aliphatic rings. The molecule has 0 bridgehead atoms. The molecule has 2 atom stereocenters. The van der Waals surface area contributed by atoms with Gasteiger partial charge in [0.2, 0.25) is 0 Å². The van der Waals surface area contributed by atoms with Crippen molar-refractivity contribution in [3.63, 3.8) is 0 Å². The Morgan fingerprint density at radius 1 is 1.53 bits per heavy atom. The molecule has 0 aromatic carbocycles. The highest BCUT2D eigenvalue weighted by molar-refractivity contribution is 9.10. The van der Waals surface area contributed by atoms with Crippen molar-refractivity contribution >= 4 is 21.6 Å². The van der Waals surface area contributed by atoms with E-state index >= 15 is 0 Å². The summed E-state index contributed by atoms with van der Waals surface area (Å²) in [7, 11) is 0. The molecule has 0 spiro atoms. The predicted octanol–water partition coefficient (Wildman–Crippen LogP) is 3.63. The van der Waals surface area contributed by atoms with E-state index in [2.05, 4.69) is 40.1 Å². The van der Waals surface area contributed by atoms with E-state index in [1.807, 2.05) is 6.92 Å². The van der Waals surface area contributed by atoms with Gasteiger partial charge in [0.25, 0.3) is 5.69 Å². The van der Waals surface area contributed by atoms with Crippen LogP contribution in [0.1, 0.15) is 45.2 Å². The fourth-order valence-corrected chi connectivity index (χ4v) is 2.45. The Morgan fingerprint density at radius 2 is 2.21 bits per heavy atom. The summed E-state index contributed by atoms with van der Waals surface area (Å²) in [6, 6.07) is 1.72. The highest BCUT2D eigenvalue weighted by atomic mass is 79.9. The second-order valence-corrected chi connectivity index (χ2v) is 5.49. The second kappa shape index (κ2) is 7.55. The van der Waals surface area contributed by atoms with Crippen LogP contribution in [-0.4, -0.2) is 22.5 Å². The first-order valence-corrected chi connectivity index (χ1v) is 7.33. The molecule has 0 aliphatic carbocycles. The number of rotatable bonds is 7. The fraction of sp³-hybridized carbons (Fsp3) is 0.615. The molecule has 1 aromatic rings. The molecule has 1 aromatic heterocycles. The lowest BCUT2D eigenvalue weighted by molar-refractivity contribution is -0.386. The van der Waals surface area contributed by atoms with E-state index in [4.69, 9.17) is 0 Å². The van der Waals surface area contributed by atoms with Crippen LogP contribution in [0.15, 0.2) is 16.7 Å². The zero-order valence-corrected chi connectivity index (χ0v) is 13.1. The van der Waals surface area contributed by atoms with Gasteiger partial charge < -0.3 is 5.32 Å². The van der Waals surface area contributed by atoms with Crippen molar-refractivity contribution in [2.24, 2.45) is 0 Å². The van der Waals surface area contributed by atoms with Crippen molar-refractivity contribution in [2.45, 2.75) is 45.6 Å². The first-order chi connectivity index (χ1) is 9.01. The molecule has 0 saturated carbocycles. The number of nitro groups is 1. The molecule has 19 heavy (non-hydrogen) atoms. The summed E-state index contributed by atoms with van der Waals surface area (Å²) in [5.41, 5.74) is 0.627. The molecule has 5 nitrogen and oxygen atoms in total. The molecular formula is C13H20BrN3O2. The van der Waals surface area contributed by atoms with Crippen molar-refractivity contribution in [1.29, 1.82) is 0 Å². The van der Waals surface area contributed by atoms with Crippen LogP contribution in [0.2, 0.25) is 0 Å². The van der Waals surface area contributed by atoms with E-state index in [0.717, 1.165) is 19.4 Å². The lowest BCUT2D eigenvalue weighted by atomic mass is 9.94. The molecule has 2 unspecified atom stereocenters. The van der Waals surface area contributed by atoms with Gasteiger partial charge in [-0.25, -0.2) is 0 Å². The second-order valence-electron chi connectivity index (χ2n) is 4.57. The molecular weight excluding hydrogens is 310 g/mol. The number of nitrogens with zero attached hydrogens (tertiary/aromatic N) is 2. The van der Waals surface area contributed by atoms with Gasteiger partial charge >= 0.3 is 0 Å². The zero-order valence-electron chi connectivity index (χ0n) is 11.5. The summed E-state index contributed by atoms with van der Waals surface area (Å²) >= 11 is 3.23. The normalized spacial score (nSPS) is 14.1. The van der Waals surface area contributed by atoms with Crippen molar-refractivity contribution in [1.82, 2.24) is 10.3 Å². The topological polar surface area (TPSA) is 68.1 Å². The quantitative estimate of drug-likeness (QED) is 0.612. The standard InChI is InChI=1S/C13H20BrN3O2/c1-4-6-15-11(5-2)9(3)13-12(17(18)19)7-10(14)8-16-13/h7-9,11,15H,4-6H2,1-3H3. The first kappa shape index (κ1) is 16.0. The van der Waals surface area contributed by atoms with Crippen molar-refractivity contribution in [3.05, 3.63) is 32.5 Å². The Morgan fingerprint density at radius 3 is 2.74 bits per heavy atom. The molecule has 6 heteroatoms. The van der Waals surface area contributed by atoms with Crippen LogP contribution >= 0.6 is 15.9 Å². The number of aromatic nitrogens is 1. The van der Waals surface area contributed by atoms with E-state index < -0.39 is 0 Å². The number of hydrogen-bond donors (Lipinski definition) is 1. The highest BCUT2D eigenvalue weighted by Crippen LogP contribution is 2.30. The SMILES string of the molecule is CCCNC(CC)C(C)c1ncc(Br)cc1[N+](=O)[O-]. The molecule has 106 valence electrons. The maximum Gasteiger partial charge on any atom is 0.292 e. The third-order valence-corrected chi connectivity index (χ3v) is 3.63. The Hall–Kier alpha value is -1.01. The van der Waals surface area contributed by atoms with Crippen molar-refractivity contribution in [3.8, 4) is 0 Å². The Labute approximate surface area is 122 Å². The van der Waals surface area contributed by atoms with Crippen LogP contribution in [-0.2, 0) is 0 Å². The van der Waals surface area contributed by atoms with Gasteiger partial charge in [0.05, 0.1) is 4.92 Å². The Balaban J connectivity index is 3.03. The van der Waals surface area contributed by atoms with E-state index in [9.17, 15) is 10.1 Å². The van der Waals surface area contributed by atoms with Gasteiger partial charge in [-0.15, -0.1) is 0 Å².